The predicted molar refractivity (Wildman–Crippen MR) is 106 cm³/mol. The Morgan fingerprint density at radius 1 is 1.07 bits per heavy atom. The lowest BCUT2D eigenvalue weighted by Crippen LogP contribution is -2.31. The fourth-order valence-electron chi connectivity index (χ4n) is 3.00. The van der Waals surface area contributed by atoms with Crippen LogP contribution in [0.25, 0.3) is 16.8 Å². The second kappa shape index (κ2) is 7.19. The van der Waals surface area contributed by atoms with Gasteiger partial charge in [0, 0.05) is 17.1 Å². The minimum absolute atomic E-state index is 0.00329. The van der Waals surface area contributed by atoms with Gasteiger partial charge in [0.05, 0.1) is 5.69 Å². The van der Waals surface area contributed by atoms with E-state index in [1.165, 1.54) is 18.2 Å². The van der Waals surface area contributed by atoms with Gasteiger partial charge >= 0.3 is 5.63 Å². The van der Waals surface area contributed by atoms with E-state index in [0.29, 0.717) is 16.8 Å². The van der Waals surface area contributed by atoms with Gasteiger partial charge in [-0.1, -0.05) is 18.2 Å². The van der Waals surface area contributed by atoms with E-state index in [9.17, 15) is 14.4 Å². The highest BCUT2D eigenvalue weighted by atomic mass is 16.4. The van der Waals surface area contributed by atoms with Crippen LogP contribution >= 0.6 is 0 Å². The quantitative estimate of drug-likeness (QED) is 0.531. The second-order valence-corrected chi connectivity index (χ2v) is 6.56. The van der Waals surface area contributed by atoms with Crippen LogP contribution in [0.5, 0.6) is 0 Å². The molecule has 0 radical (unpaired) electrons. The van der Waals surface area contributed by atoms with Crippen LogP contribution in [0.1, 0.15) is 11.4 Å². The fraction of sp³-hybridized carbons (Fsp3) is 0.150. The molecular formula is C20H17N5O4. The third-order valence-electron chi connectivity index (χ3n) is 4.29. The number of hydrogen-bond acceptors (Lipinski definition) is 6. The Morgan fingerprint density at radius 2 is 1.86 bits per heavy atom. The Bertz CT molecular complexity index is 1350. The first-order chi connectivity index (χ1) is 13.9. The molecule has 29 heavy (non-hydrogen) atoms. The average molecular weight is 391 g/mol. The number of rotatable bonds is 4. The van der Waals surface area contributed by atoms with Gasteiger partial charge in [0.2, 0.25) is 5.91 Å². The molecule has 0 unspecified atom stereocenters. The van der Waals surface area contributed by atoms with Crippen molar-refractivity contribution in [1.29, 1.82) is 0 Å². The van der Waals surface area contributed by atoms with Crippen LogP contribution in [0.3, 0.4) is 0 Å². The lowest BCUT2D eigenvalue weighted by Gasteiger charge is -2.09. The maximum absolute atomic E-state index is 12.4. The highest BCUT2D eigenvalue weighted by Gasteiger charge is 2.13. The summed E-state index contributed by atoms with van der Waals surface area (Å²) in [4.78, 5) is 36.7. The summed E-state index contributed by atoms with van der Waals surface area (Å²) in [6, 6.07) is 13.2. The van der Waals surface area contributed by atoms with Gasteiger partial charge in [0.1, 0.15) is 17.8 Å². The van der Waals surface area contributed by atoms with E-state index in [1.807, 2.05) is 19.9 Å². The first-order valence-corrected chi connectivity index (χ1v) is 8.85. The van der Waals surface area contributed by atoms with Crippen LogP contribution < -0.4 is 16.5 Å². The minimum atomic E-state index is -0.672. The van der Waals surface area contributed by atoms with Crippen molar-refractivity contribution in [2.75, 3.05) is 5.32 Å². The van der Waals surface area contributed by atoms with Crippen LogP contribution in [0.2, 0.25) is 0 Å². The molecule has 0 aliphatic heterocycles. The summed E-state index contributed by atoms with van der Waals surface area (Å²) in [5, 5.41) is 11.7. The molecule has 0 saturated carbocycles. The zero-order valence-corrected chi connectivity index (χ0v) is 15.7. The number of carbonyl (C=O) groups is 1. The first kappa shape index (κ1) is 18.4. The van der Waals surface area contributed by atoms with E-state index in [4.69, 9.17) is 4.42 Å². The van der Waals surface area contributed by atoms with Gasteiger partial charge in [0.25, 0.3) is 5.56 Å². The lowest BCUT2D eigenvalue weighted by molar-refractivity contribution is -0.117. The topological polar surface area (TPSA) is 112 Å². The minimum Gasteiger partial charge on any atom is -0.421 e. The van der Waals surface area contributed by atoms with Gasteiger partial charge in [-0.2, -0.15) is 5.10 Å². The molecular weight excluding hydrogens is 374 g/mol. The van der Waals surface area contributed by atoms with Gasteiger partial charge < -0.3 is 9.73 Å². The number of aromatic nitrogens is 4. The summed E-state index contributed by atoms with van der Waals surface area (Å²) in [6.45, 7) is 3.35. The number of fused-ring (bicyclic) bond motifs is 1. The fourth-order valence-corrected chi connectivity index (χ4v) is 3.00. The van der Waals surface area contributed by atoms with E-state index in [-0.39, 0.29) is 12.2 Å². The van der Waals surface area contributed by atoms with Crippen molar-refractivity contribution in [3.05, 3.63) is 80.7 Å². The Hall–Kier alpha value is -4.01. The lowest BCUT2D eigenvalue weighted by atomic mass is 10.2. The maximum Gasteiger partial charge on any atom is 0.360 e. The molecule has 0 aliphatic rings. The summed E-state index contributed by atoms with van der Waals surface area (Å²) in [7, 11) is 0. The monoisotopic (exact) mass is 391 g/mol. The van der Waals surface area contributed by atoms with Crippen LogP contribution in [0.15, 0.2) is 62.5 Å². The number of carbonyl (C=O) groups excluding carboxylic acids is 1. The van der Waals surface area contributed by atoms with E-state index < -0.39 is 17.1 Å². The molecule has 9 heteroatoms. The maximum atomic E-state index is 12.4. The molecule has 0 saturated heterocycles. The number of aryl methyl sites for hydroxylation is 2. The van der Waals surface area contributed by atoms with Gasteiger partial charge in [0.15, 0.2) is 5.82 Å². The molecule has 1 amide bonds. The normalized spacial score (nSPS) is 11.0. The van der Waals surface area contributed by atoms with Gasteiger partial charge in [-0.15, -0.1) is 5.10 Å². The van der Waals surface area contributed by atoms with Crippen molar-refractivity contribution in [2.24, 2.45) is 0 Å². The standard InChI is InChI=1S/C20H17N5O4/c1-12-9-13(2)25(22-12)17-7-8-19(27)24(23-17)11-18(26)21-15-10-14-5-3-4-6-16(14)29-20(15)28/h3-10H,11H2,1-2H3,(H,21,26). The predicted octanol–water partition coefficient (Wildman–Crippen LogP) is 1.79. The highest BCUT2D eigenvalue weighted by Crippen LogP contribution is 2.15. The van der Waals surface area contributed by atoms with E-state index in [2.05, 4.69) is 15.5 Å². The zero-order valence-electron chi connectivity index (χ0n) is 15.7. The Labute approximate surface area is 164 Å². The van der Waals surface area contributed by atoms with Crippen molar-refractivity contribution in [1.82, 2.24) is 19.6 Å². The van der Waals surface area contributed by atoms with Crippen molar-refractivity contribution in [2.45, 2.75) is 20.4 Å². The molecule has 0 spiro atoms. The van der Waals surface area contributed by atoms with E-state index >= 15 is 0 Å². The second-order valence-electron chi connectivity index (χ2n) is 6.56. The Balaban J connectivity index is 1.60. The summed E-state index contributed by atoms with van der Waals surface area (Å²) in [6.07, 6.45) is 0. The summed E-state index contributed by atoms with van der Waals surface area (Å²) in [5.74, 6) is -0.166. The van der Waals surface area contributed by atoms with Gasteiger partial charge in [-0.3, -0.25) is 9.59 Å². The van der Waals surface area contributed by atoms with Crippen molar-refractivity contribution < 1.29 is 9.21 Å². The molecule has 0 aliphatic carbocycles. The van der Waals surface area contributed by atoms with Crippen LogP contribution in [0, 0.1) is 13.8 Å². The Kier molecular flexibility index (Phi) is 4.55. The first-order valence-electron chi connectivity index (χ1n) is 8.85. The number of hydrogen-bond donors (Lipinski definition) is 1. The summed E-state index contributed by atoms with van der Waals surface area (Å²) < 4.78 is 7.80. The third-order valence-corrected chi connectivity index (χ3v) is 4.29. The number of nitrogens with one attached hydrogen (secondary N) is 1. The number of nitrogens with zero attached hydrogens (tertiary/aromatic N) is 4. The number of amides is 1. The van der Waals surface area contributed by atoms with Crippen LogP contribution in [-0.2, 0) is 11.3 Å². The molecule has 0 atom stereocenters. The van der Waals surface area contributed by atoms with Crippen LogP contribution in [-0.4, -0.2) is 25.5 Å². The van der Waals surface area contributed by atoms with Crippen molar-refractivity contribution >= 4 is 22.6 Å². The smallest absolute Gasteiger partial charge is 0.360 e. The number of anilines is 1. The molecule has 0 bridgehead atoms. The number of benzene rings is 1. The van der Waals surface area contributed by atoms with E-state index in [1.54, 1.807) is 28.9 Å². The van der Waals surface area contributed by atoms with Gasteiger partial charge in [-0.05, 0) is 38.1 Å². The van der Waals surface area contributed by atoms with Gasteiger partial charge in [-0.25, -0.2) is 14.2 Å². The molecule has 1 aromatic carbocycles. The average Bonchev–Trinajstić information content (AvgIpc) is 3.02. The highest BCUT2D eigenvalue weighted by molar-refractivity contribution is 5.92. The third kappa shape index (κ3) is 3.70. The molecule has 3 aromatic heterocycles. The molecule has 4 aromatic rings. The molecule has 4 rings (SSSR count). The molecule has 1 N–H and O–H groups in total. The summed E-state index contributed by atoms with van der Waals surface area (Å²) >= 11 is 0. The van der Waals surface area contributed by atoms with Crippen molar-refractivity contribution in [3.63, 3.8) is 0 Å². The van der Waals surface area contributed by atoms with E-state index in [0.717, 1.165) is 16.1 Å². The van der Waals surface area contributed by atoms with Crippen molar-refractivity contribution in [3.8, 4) is 5.82 Å². The zero-order chi connectivity index (χ0) is 20.5. The molecule has 3 heterocycles. The van der Waals surface area contributed by atoms with Crippen LogP contribution in [0.4, 0.5) is 5.69 Å². The largest absolute Gasteiger partial charge is 0.421 e. The molecule has 146 valence electrons. The summed E-state index contributed by atoms with van der Waals surface area (Å²) in [5.41, 5.74) is 0.952. The Morgan fingerprint density at radius 3 is 2.62 bits per heavy atom. The molecule has 0 fully saturated rings. The number of para-hydroxylation sites is 1. The molecule has 9 nitrogen and oxygen atoms in total. The SMILES string of the molecule is Cc1cc(C)n(-c2ccc(=O)n(CC(=O)Nc3cc4ccccc4oc3=O)n2)n1.